The minimum atomic E-state index is -4.27. The van der Waals surface area contributed by atoms with Crippen LogP contribution in [0, 0.1) is 0 Å². The van der Waals surface area contributed by atoms with E-state index in [4.69, 9.17) is 0 Å². The van der Waals surface area contributed by atoms with Crippen molar-refractivity contribution >= 4 is 6.08 Å². The van der Waals surface area contributed by atoms with Crippen LogP contribution in [0.25, 0.3) is 6.08 Å². The van der Waals surface area contributed by atoms with Gasteiger partial charge in [-0.2, -0.15) is 13.2 Å². The van der Waals surface area contributed by atoms with Crippen LogP contribution in [0.15, 0.2) is 60.7 Å². The first-order valence-corrected chi connectivity index (χ1v) is 8.83. The van der Waals surface area contributed by atoms with Crippen molar-refractivity contribution in [2.75, 3.05) is 32.7 Å². The minimum Gasteiger partial charge on any atom is -0.297 e. The highest BCUT2D eigenvalue weighted by Gasteiger charge is 2.30. The normalized spacial score (nSPS) is 17.0. The summed E-state index contributed by atoms with van der Waals surface area (Å²) in [6.07, 6.45) is 0.0485. The molecule has 26 heavy (non-hydrogen) atoms. The monoisotopic (exact) mass is 360 g/mol. The highest BCUT2D eigenvalue weighted by Crippen LogP contribution is 2.29. The lowest BCUT2D eigenvalue weighted by atomic mass is 10.1. The lowest BCUT2D eigenvalue weighted by Gasteiger charge is -2.34. The third-order valence-electron chi connectivity index (χ3n) is 4.63. The first-order valence-electron chi connectivity index (χ1n) is 8.83. The Morgan fingerprint density at radius 3 is 2.04 bits per heavy atom. The molecule has 1 heterocycles. The van der Waals surface area contributed by atoms with Crippen LogP contribution in [0.5, 0.6) is 0 Å². The van der Waals surface area contributed by atoms with Gasteiger partial charge in [0.2, 0.25) is 0 Å². The fourth-order valence-corrected chi connectivity index (χ4v) is 3.09. The van der Waals surface area contributed by atoms with E-state index in [9.17, 15) is 13.2 Å². The topological polar surface area (TPSA) is 6.48 Å². The summed E-state index contributed by atoms with van der Waals surface area (Å²) < 4.78 is 37.8. The summed E-state index contributed by atoms with van der Waals surface area (Å²) in [5, 5.41) is 0. The van der Waals surface area contributed by atoms with E-state index < -0.39 is 11.7 Å². The fourth-order valence-electron chi connectivity index (χ4n) is 3.09. The molecule has 2 aromatic rings. The Morgan fingerprint density at radius 1 is 0.808 bits per heavy atom. The van der Waals surface area contributed by atoms with E-state index in [1.165, 1.54) is 17.7 Å². The summed E-state index contributed by atoms with van der Waals surface area (Å²) >= 11 is 0. The van der Waals surface area contributed by atoms with Crippen molar-refractivity contribution in [1.29, 1.82) is 0 Å². The van der Waals surface area contributed by atoms with Gasteiger partial charge in [-0.3, -0.25) is 9.80 Å². The van der Waals surface area contributed by atoms with Gasteiger partial charge in [0.25, 0.3) is 0 Å². The first kappa shape index (κ1) is 18.7. The van der Waals surface area contributed by atoms with E-state index in [-0.39, 0.29) is 0 Å². The van der Waals surface area contributed by atoms with Crippen LogP contribution in [-0.2, 0) is 12.7 Å². The lowest BCUT2D eigenvalue weighted by molar-refractivity contribution is -0.137. The number of piperazine rings is 1. The Balaban J connectivity index is 1.43. The van der Waals surface area contributed by atoms with Gasteiger partial charge in [0.15, 0.2) is 0 Å². The molecule has 1 aliphatic rings. The summed E-state index contributed by atoms with van der Waals surface area (Å²) in [6, 6.07) is 15.7. The van der Waals surface area contributed by atoms with E-state index in [0.29, 0.717) is 6.54 Å². The molecule has 2 aromatic carbocycles. The van der Waals surface area contributed by atoms with Crippen LogP contribution in [-0.4, -0.2) is 42.5 Å². The molecule has 2 nitrogen and oxygen atoms in total. The Labute approximate surface area is 152 Å². The third kappa shape index (κ3) is 5.44. The Hall–Kier alpha value is -2.11. The lowest BCUT2D eigenvalue weighted by Crippen LogP contribution is -2.45. The molecule has 0 amide bonds. The molecule has 5 heteroatoms. The second-order valence-corrected chi connectivity index (χ2v) is 6.58. The second kappa shape index (κ2) is 8.52. The average molecular weight is 360 g/mol. The van der Waals surface area contributed by atoms with Crippen LogP contribution in [0.3, 0.4) is 0 Å². The molecule has 1 aliphatic heterocycles. The smallest absolute Gasteiger partial charge is 0.297 e. The molecule has 0 N–H and O–H groups in total. The fraction of sp³-hybridized carbons (Fsp3) is 0.333. The minimum absolute atomic E-state index is 0.587. The van der Waals surface area contributed by atoms with Crippen molar-refractivity contribution in [3.8, 4) is 0 Å². The summed E-state index contributed by atoms with van der Waals surface area (Å²) in [5.74, 6) is 0. The Morgan fingerprint density at radius 2 is 1.42 bits per heavy atom. The molecule has 138 valence electrons. The molecule has 0 saturated carbocycles. The molecule has 0 unspecified atom stereocenters. The van der Waals surface area contributed by atoms with Gasteiger partial charge < -0.3 is 0 Å². The van der Waals surface area contributed by atoms with Crippen LogP contribution >= 0.6 is 0 Å². The predicted octanol–water partition coefficient (Wildman–Crippen LogP) is 4.54. The zero-order chi connectivity index (χ0) is 18.4. The van der Waals surface area contributed by atoms with E-state index in [1.54, 1.807) is 12.1 Å². The maximum atomic E-state index is 12.6. The molecule has 1 saturated heterocycles. The zero-order valence-electron chi connectivity index (χ0n) is 14.6. The number of halogens is 3. The van der Waals surface area contributed by atoms with Gasteiger partial charge in [-0.05, 0) is 23.3 Å². The maximum Gasteiger partial charge on any atom is 0.416 e. The Bertz CT molecular complexity index is 700. The van der Waals surface area contributed by atoms with Crippen LogP contribution in [0.2, 0.25) is 0 Å². The molecule has 0 spiro atoms. The Kier molecular flexibility index (Phi) is 6.12. The van der Waals surface area contributed by atoms with Gasteiger partial charge in [-0.15, -0.1) is 0 Å². The van der Waals surface area contributed by atoms with Gasteiger partial charge in [-0.1, -0.05) is 54.6 Å². The quantitative estimate of drug-likeness (QED) is 0.773. The predicted molar refractivity (Wildman–Crippen MR) is 98.6 cm³/mol. The summed E-state index contributed by atoms with van der Waals surface area (Å²) in [6.45, 7) is 5.43. The number of hydrogen-bond donors (Lipinski definition) is 0. The highest BCUT2D eigenvalue weighted by atomic mass is 19.4. The van der Waals surface area contributed by atoms with Crippen molar-refractivity contribution in [1.82, 2.24) is 9.80 Å². The number of benzene rings is 2. The largest absolute Gasteiger partial charge is 0.416 e. The molecule has 1 fully saturated rings. The summed E-state index contributed by atoms with van der Waals surface area (Å²) in [7, 11) is 0. The van der Waals surface area contributed by atoms with Gasteiger partial charge in [0, 0.05) is 39.3 Å². The maximum absolute atomic E-state index is 12.6. The molecular weight excluding hydrogens is 337 g/mol. The number of rotatable bonds is 5. The van der Waals surface area contributed by atoms with Crippen molar-refractivity contribution in [3.05, 3.63) is 77.4 Å². The van der Waals surface area contributed by atoms with Crippen LogP contribution in [0.4, 0.5) is 13.2 Å². The molecule has 3 rings (SSSR count). The van der Waals surface area contributed by atoms with Crippen LogP contribution in [0.1, 0.15) is 16.7 Å². The summed E-state index contributed by atoms with van der Waals surface area (Å²) in [4.78, 5) is 4.68. The third-order valence-corrected chi connectivity index (χ3v) is 4.63. The van der Waals surface area contributed by atoms with Gasteiger partial charge >= 0.3 is 6.18 Å². The molecule has 0 bridgehead atoms. The van der Waals surface area contributed by atoms with E-state index in [1.807, 2.05) is 18.2 Å². The molecular formula is C21H23F3N2. The standard InChI is InChI=1S/C21H23F3N2/c22-21(23,24)20-10-8-19(9-11-20)17-26-15-13-25(14-16-26)12-4-7-18-5-2-1-3-6-18/h1-11H,12-17H2/b7-4+. The highest BCUT2D eigenvalue weighted by molar-refractivity contribution is 5.48. The van der Waals surface area contributed by atoms with Crippen molar-refractivity contribution in [2.24, 2.45) is 0 Å². The average Bonchev–Trinajstić information content (AvgIpc) is 2.64. The van der Waals surface area contributed by atoms with Crippen molar-refractivity contribution in [3.63, 3.8) is 0 Å². The van der Waals surface area contributed by atoms with Crippen molar-refractivity contribution < 1.29 is 13.2 Å². The van der Waals surface area contributed by atoms with Crippen molar-refractivity contribution in [2.45, 2.75) is 12.7 Å². The van der Waals surface area contributed by atoms with Gasteiger partial charge in [0.1, 0.15) is 0 Å². The number of alkyl halides is 3. The van der Waals surface area contributed by atoms with Crippen LogP contribution < -0.4 is 0 Å². The number of hydrogen-bond acceptors (Lipinski definition) is 2. The van der Waals surface area contributed by atoms with E-state index in [2.05, 4.69) is 34.1 Å². The van der Waals surface area contributed by atoms with Gasteiger partial charge in [-0.25, -0.2) is 0 Å². The molecule has 0 aromatic heterocycles. The molecule has 0 atom stereocenters. The SMILES string of the molecule is FC(F)(F)c1ccc(CN2CCN(C/C=C/c3ccccc3)CC2)cc1. The van der Waals surface area contributed by atoms with Gasteiger partial charge in [0.05, 0.1) is 5.56 Å². The molecule has 0 radical (unpaired) electrons. The first-order chi connectivity index (χ1) is 12.5. The zero-order valence-corrected chi connectivity index (χ0v) is 14.6. The second-order valence-electron chi connectivity index (χ2n) is 6.58. The molecule has 0 aliphatic carbocycles. The number of nitrogens with zero attached hydrogens (tertiary/aromatic N) is 2. The summed E-state index contributed by atoms with van der Waals surface area (Å²) in [5.41, 5.74) is 1.54. The van der Waals surface area contributed by atoms with E-state index in [0.717, 1.165) is 38.3 Å². The van der Waals surface area contributed by atoms with E-state index >= 15 is 0 Å².